The molecule has 4 aromatic rings. The fraction of sp³-hybridized carbons (Fsp3) is 0.286. The number of para-hydroxylation sites is 1. The quantitative estimate of drug-likeness (QED) is 0.395. The number of H-pyrrole nitrogens is 1. The van der Waals surface area contributed by atoms with Gasteiger partial charge in [-0.2, -0.15) is 5.26 Å². The second kappa shape index (κ2) is 6.93. The van der Waals surface area contributed by atoms with Gasteiger partial charge in [-0.15, -0.1) is 0 Å². The van der Waals surface area contributed by atoms with Crippen molar-refractivity contribution < 1.29 is 0 Å². The van der Waals surface area contributed by atoms with Crippen LogP contribution in [-0.2, 0) is 0 Å². The zero-order chi connectivity index (χ0) is 20.8. The van der Waals surface area contributed by atoms with Crippen molar-refractivity contribution in [2.24, 2.45) is 0 Å². The summed E-state index contributed by atoms with van der Waals surface area (Å²) in [5, 5.41) is 10.1. The summed E-state index contributed by atoms with van der Waals surface area (Å²) in [7, 11) is 0. The van der Waals surface area contributed by atoms with E-state index in [0.29, 0.717) is 16.9 Å². The van der Waals surface area contributed by atoms with E-state index in [4.69, 9.17) is 0 Å². The molecule has 9 heteroatoms. The summed E-state index contributed by atoms with van der Waals surface area (Å²) in [4.78, 5) is 42.6. The van der Waals surface area contributed by atoms with Gasteiger partial charge in [0.25, 0.3) is 5.56 Å². The predicted octanol–water partition coefficient (Wildman–Crippen LogP) is 1.10. The lowest BCUT2D eigenvalue weighted by Crippen LogP contribution is -2.46. The van der Waals surface area contributed by atoms with E-state index in [1.807, 2.05) is 11.0 Å². The Balaban J connectivity index is 1.79. The van der Waals surface area contributed by atoms with Crippen LogP contribution in [-0.4, -0.2) is 57.0 Å². The van der Waals surface area contributed by atoms with Crippen molar-refractivity contribution in [1.29, 1.82) is 5.26 Å². The highest BCUT2D eigenvalue weighted by Gasteiger charge is 2.21. The van der Waals surface area contributed by atoms with Crippen LogP contribution >= 0.6 is 0 Å². The number of benzene rings is 1. The third-order valence-electron chi connectivity index (χ3n) is 5.73. The number of hydrogen-bond donors (Lipinski definition) is 1. The Bertz CT molecular complexity index is 1460. The van der Waals surface area contributed by atoms with Gasteiger partial charge in [-0.1, -0.05) is 19.1 Å². The van der Waals surface area contributed by atoms with E-state index >= 15 is 0 Å². The number of fused-ring (bicyclic) bond motifs is 4. The van der Waals surface area contributed by atoms with Gasteiger partial charge in [-0.3, -0.25) is 14.0 Å². The molecular formula is C21H19N7O2. The van der Waals surface area contributed by atoms with Crippen molar-refractivity contribution in [2.75, 3.05) is 37.6 Å². The molecule has 1 aromatic carbocycles. The number of aromatic amines is 1. The molecule has 0 spiro atoms. The molecule has 5 rings (SSSR count). The Morgan fingerprint density at radius 3 is 2.67 bits per heavy atom. The van der Waals surface area contributed by atoms with Gasteiger partial charge < -0.3 is 14.8 Å². The molecule has 4 heterocycles. The van der Waals surface area contributed by atoms with Crippen LogP contribution in [0.25, 0.3) is 27.6 Å². The minimum absolute atomic E-state index is 0.0766. The molecular weight excluding hydrogens is 382 g/mol. The third kappa shape index (κ3) is 2.65. The summed E-state index contributed by atoms with van der Waals surface area (Å²) in [5.74, 6) is 0.441. The van der Waals surface area contributed by atoms with Gasteiger partial charge in [0, 0.05) is 26.2 Å². The van der Waals surface area contributed by atoms with Crippen LogP contribution in [0.4, 0.5) is 5.95 Å². The molecule has 0 amide bonds. The highest BCUT2D eigenvalue weighted by molar-refractivity contribution is 5.86. The van der Waals surface area contributed by atoms with Gasteiger partial charge in [-0.05, 0) is 18.7 Å². The summed E-state index contributed by atoms with van der Waals surface area (Å²) >= 11 is 0. The molecule has 30 heavy (non-hydrogen) atoms. The standard InChI is InChI=1S/C21H19N7O2/c1-2-26-7-9-27(10-8-26)21-23-12-16-17(25-21)18(29)14(11-22)19-24-15-6-4-3-5-13(15)20(30)28(16)19/h3-6,12,24H,2,7-10H2,1H3. The number of hydrogen-bond acceptors (Lipinski definition) is 7. The van der Waals surface area contributed by atoms with E-state index in [-0.39, 0.29) is 27.8 Å². The monoisotopic (exact) mass is 401 g/mol. The van der Waals surface area contributed by atoms with E-state index in [0.717, 1.165) is 32.7 Å². The minimum Gasteiger partial charge on any atom is -0.339 e. The number of piperazine rings is 1. The Kier molecular flexibility index (Phi) is 4.22. The van der Waals surface area contributed by atoms with E-state index in [9.17, 15) is 14.9 Å². The molecule has 1 fully saturated rings. The molecule has 0 aliphatic carbocycles. The number of aromatic nitrogens is 4. The van der Waals surface area contributed by atoms with Gasteiger partial charge in [0.15, 0.2) is 0 Å². The summed E-state index contributed by atoms with van der Waals surface area (Å²) in [6, 6.07) is 8.94. The van der Waals surface area contributed by atoms with E-state index in [1.165, 1.54) is 10.6 Å². The Labute approximate surface area is 170 Å². The van der Waals surface area contributed by atoms with Crippen molar-refractivity contribution in [1.82, 2.24) is 24.3 Å². The fourth-order valence-corrected chi connectivity index (χ4v) is 4.03. The second-order valence-corrected chi connectivity index (χ2v) is 7.30. The molecule has 0 bridgehead atoms. The lowest BCUT2D eigenvalue weighted by Gasteiger charge is -2.34. The Morgan fingerprint density at radius 1 is 1.17 bits per heavy atom. The average molecular weight is 401 g/mol. The Morgan fingerprint density at radius 2 is 1.93 bits per heavy atom. The Hall–Kier alpha value is -3.77. The molecule has 1 aliphatic heterocycles. The number of nitrogens with zero attached hydrogens (tertiary/aromatic N) is 6. The van der Waals surface area contributed by atoms with E-state index < -0.39 is 5.43 Å². The molecule has 1 N–H and O–H groups in total. The second-order valence-electron chi connectivity index (χ2n) is 7.30. The summed E-state index contributed by atoms with van der Waals surface area (Å²) in [6.45, 7) is 6.41. The van der Waals surface area contributed by atoms with Crippen molar-refractivity contribution in [3.8, 4) is 6.07 Å². The van der Waals surface area contributed by atoms with Crippen LogP contribution in [0, 0.1) is 11.3 Å². The van der Waals surface area contributed by atoms with Gasteiger partial charge in [0.1, 0.15) is 22.8 Å². The molecule has 0 unspecified atom stereocenters. The maximum absolute atomic E-state index is 13.2. The van der Waals surface area contributed by atoms with Gasteiger partial charge in [0.2, 0.25) is 11.4 Å². The zero-order valence-electron chi connectivity index (χ0n) is 16.4. The summed E-state index contributed by atoms with van der Waals surface area (Å²) < 4.78 is 1.33. The average Bonchev–Trinajstić information content (AvgIpc) is 2.79. The maximum atomic E-state index is 13.2. The molecule has 0 radical (unpaired) electrons. The van der Waals surface area contributed by atoms with Crippen LogP contribution in [0.2, 0.25) is 0 Å². The van der Waals surface area contributed by atoms with Gasteiger partial charge in [-0.25, -0.2) is 9.97 Å². The number of likely N-dealkylation sites (N-methyl/N-ethyl adjacent to an activating group) is 1. The molecule has 150 valence electrons. The van der Waals surface area contributed by atoms with E-state index in [1.54, 1.807) is 24.3 Å². The van der Waals surface area contributed by atoms with Crippen LogP contribution in [0.3, 0.4) is 0 Å². The van der Waals surface area contributed by atoms with E-state index in [2.05, 4.69) is 26.8 Å². The van der Waals surface area contributed by atoms with Crippen molar-refractivity contribution in [2.45, 2.75) is 6.92 Å². The molecule has 1 saturated heterocycles. The van der Waals surface area contributed by atoms with Crippen LogP contribution in [0.15, 0.2) is 40.1 Å². The van der Waals surface area contributed by atoms with Crippen molar-refractivity contribution in [3.63, 3.8) is 0 Å². The predicted molar refractivity (Wildman–Crippen MR) is 114 cm³/mol. The smallest absolute Gasteiger partial charge is 0.266 e. The largest absolute Gasteiger partial charge is 0.339 e. The van der Waals surface area contributed by atoms with Crippen LogP contribution in [0.1, 0.15) is 12.5 Å². The lowest BCUT2D eigenvalue weighted by molar-refractivity contribution is 0.270. The first-order valence-electron chi connectivity index (χ1n) is 9.86. The van der Waals surface area contributed by atoms with Crippen molar-refractivity contribution in [3.05, 3.63) is 56.6 Å². The highest BCUT2D eigenvalue weighted by Crippen LogP contribution is 2.18. The number of nitriles is 1. The fourth-order valence-electron chi connectivity index (χ4n) is 4.03. The molecule has 0 saturated carbocycles. The molecule has 1 aliphatic rings. The van der Waals surface area contributed by atoms with Crippen LogP contribution in [0.5, 0.6) is 0 Å². The normalized spacial score (nSPS) is 15.1. The third-order valence-corrected chi connectivity index (χ3v) is 5.73. The topological polar surface area (TPSA) is 110 Å². The number of nitrogens with one attached hydrogen (secondary N) is 1. The van der Waals surface area contributed by atoms with Gasteiger partial charge in [0.05, 0.1) is 22.6 Å². The first-order chi connectivity index (χ1) is 14.6. The lowest BCUT2D eigenvalue weighted by atomic mass is 10.2. The summed E-state index contributed by atoms with van der Waals surface area (Å²) in [5.41, 5.74) is 0.120. The molecule has 0 atom stereocenters. The van der Waals surface area contributed by atoms with Crippen molar-refractivity contribution >= 4 is 33.5 Å². The maximum Gasteiger partial charge on any atom is 0.266 e. The highest BCUT2D eigenvalue weighted by atomic mass is 16.1. The SMILES string of the molecule is CCN1CCN(c2ncc3c(n2)c(=O)c(C#N)c2[nH]c4ccccc4c(=O)n23)CC1. The zero-order valence-corrected chi connectivity index (χ0v) is 16.4. The molecule has 3 aromatic heterocycles. The first kappa shape index (κ1) is 18.3. The first-order valence-corrected chi connectivity index (χ1v) is 9.86. The minimum atomic E-state index is -0.505. The number of rotatable bonds is 2. The number of anilines is 1. The van der Waals surface area contributed by atoms with Crippen LogP contribution < -0.4 is 15.9 Å². The summed E-state index contributed by atoms with van der Waals surface area (Å²) in [6.07, 6.45) is 1.50. The number of pyridine rings is 1. The van der Waals surface area contributed by atoms with Gasteiger partial charge >= 0.3 is 0 Å². The molecule has 9 nitrogen and oxygen atoms in total.